The van der Waals surface area contributed by atoms with Crippen molar-refractivity contribution >= 4 is 17.4 Å². The van der Waals surface area contributed by atoms with E-state index in [1.165, 1.54) is 15.3 Å². The maximum Gasteiger partial charge on any atom is 0.319 e. The van der Waals surface area contributed by atoms with Crippen LogP contribution in [0.15, 0.2) is 42.5 Å². The van der Waals surface area contributed by atoms with Crippen LogP contribution >= 0.6 is 11.3 Å². The zero-order valence-corrected chi connectivity index (χ0v) is 17.5. The Morgan fingerprint density at radius 2 is 1.89 bits per heavy atom. The normalized spacial score (nSPS) is 25.4. The van der Waals surface area contributed by atoms with E-state index in [9.17, 15) is 9.90 Å². The average Bonchev–Trinajstić information content (AvgIpc) is 3.16. The van der Waals surface area contributed by atoms with E-state index in [0.29, 0.717) is 19.5 Å². The number of nitrogens with zero attached hydrogens (tertiary/aromatic N) is 3. The first-order chi connectivity index (χ1) is 13.4. The van der Waals surface area contributed by atoms with Crippen molar-refractivity contribution in [3.63, 3.8) is 0 Å². The average molecular weight is 400 g/mol. The number of amides is 2. The van der Waals surface area contributed by atoms with Gasteiger partial charge in [-0.05, 0) is 30.5 Å². The van der Waals surface area contributed by atoms with Gasteiger partial charge in [-0.2, -0.15) is 0 Å². The number of hydrogen-bond donors (Lipinski definition) is 1. The van der Waals surface area contributed by atoms with Crippen molar-refractivity contribution < 1.29 is 9.90 Å². The summed E-state index contributed by atoms with van der Waals surface area (Å²) >= 11 is 1.84. The minimum Gasteiger partial charge on any atom is -0.389 e. The lowest BCUT2D eigenvalue weighted by molar-refractivity contribution is -0.108. The Balaban J connectivity index is 1.41. The lowest BCUT2D eigenvalue weighted by Gasteiger charge is -2.50. The van der Waals surface area contributed by atoms with Crippen molar-refractivity contribution in [2.45, 2.75) is 25.0 Å². The molecule has 150 valence electrons. The molecule has 0 unspecified atom stereocenters. The molecule has 2 aromatic rings. The van der Waals surface area contributed by atoms with Gasteiger partial charge in [0.2, 0.25) is 0 Å². The molecule has 1 aromatic carbocycles. The molecule has 0 saturated carbocycles. The van der Waals surface area contributed by atoms with E-state index in [1.54, 1.807) is 19.0 Å². The van der Waals surface area contributed by atoms with Crippen molar-refractivity contribution in [2.24, 2.45) is 5.92 Å². The molecule has 2 amide bonds. The van der Waals surface area contributed by atoms with Crippen LogP contribution in [0, 0.1) is 5.92 Å². The summed E-state index contributed by atoms with van der Waals surface area (Å²) < 4.78 is 0. The van der Waals surface area contributed by atoms with Crippen molar-refractivity contribution in [1.82, 2.24) is 14.7 Å². The Morgan fingerprint density at radius 3 is 2.64 bits per heavy atom. The molecule has 2 atom stereocenters. The lowest BCUT2D eigenvalue weighted by Crippen LogP contribution is -2.61. The Bertz CT molecular complexity index is 822. The Kier molecular flexibility index (Phi) is 5.45. The number of likely N-dealkylation sites (tertiary alicyclic amines) is 2. The van der Waals surface area contributed by atoms with Gasteiger partial charge in [-0.3, -0.25) is 4.90 Å². The zero-order chi connectivity index (χ0) is 19.7. The van der Waals surface area contributed by atoms with Crippen LogP contribution in [0.25, 0.3) is 10.4 Å². The minimum atomic E-state index is -0.621. The van der Waals surface area contributed by atoms with Crippen molar-refractivity contribution in [3.05, 3.63) is 47.3 Å². The van der Waals surface area contributed by atoms with Crippen molar-refractivity contribution in [3.8, 4) is 10.4 Å². The molecule has 0 aliphatic carbocycles. The largest absolute Gasteiger partial charge is 0.389 e. The van der Waals surface area contributed by atoms with Gasteiger partial charge in [0.25, 0.3) is 0 Å². The number of piperidine rings is 2. The van der Waals surface area contributed by atoms with Gasteiger partial charge in [0, 0.05) is 62.5 Å². The maximum atomic E-state index is 12.3. The highest BCUT2D eigenvalue weighted by Gasteiger charge is 2.46. The molecular formula is C22H29N3O2S. The van der Waals surface area contributed by atoms with Crippen LogP contribution < -0.4 is 0 Å². The van der Waals surface area contributed by atoms with Crippen LogP contribution in [-0.4, -0.2) is 71.7 Å². The van der Waals surface area contributed by atoms with E-state index in [1.807, 2.05) is 22.3 Å². The van der Waals surface area contributed by atoms with E-state index >= 15 is 0 Å². The summed E-state index contributed by atoms with van der Waals surface area (Å²) in [6, 6.07) is 15.0. The van der Waals surface area contributed by atoms with Crippen LogP contribution in [0.3, 0.4) is 0 Å². The molecule has 2 fully saturated rings. The summed E-state index contributed by atoms with van der Waals surface area (Å²) in [4.78, 5) is 20.9. The Hall–Kier alpha value is -1.89. The topological polar surface area (TPSA) is 47.0 Å². The van der Waals surface area contributed by atoms with Crippen LogP contribution in [0.2, 0.25) is 0 Å². The van der Waals surface area contributed by atoms with Crippen LogP contribution in [0.5, 0.6) is 0 Å². The molecular weight excluding hydrogens is 370 g/mol. The van der Waals surface area contributed by atoms with Gasteiger partial charge in [-0.15, -0.1) is 11.3 Å². The predicted molar refractivity (Wildman–Crippen MR) is 113 cm³/mol. The van der Waals surface area contributed by atoms with Crippen molar-refractivity contribution in [1.29, 1.82) is 0 Å². The van der Waals surface area contributed by atoms with Crippen LogP contribution in [0.4, 0.5) is 4.79 Å². The Morgan fingerprint density at radius 1 is 1.14 bits per heavy atom. The molecule has 6 heteroatoms. The van der Waals surface area contributed by atoms with Gasteiger partial charge in [0.05, 0.1) is 5.60 Å². The number of hydrogen-bond acceptors (Lipinski definition) is 4. The summed E-state index contributed by atoms with van der Waals surface area (Å²) in [5.74, 6) is 0.118. The number of carbonyl (C=O) groups excluding carboxylic acids is 1. The smallest absolute Gasteiger partial charge is 0.319 e. The molecule has 2 aliphatic heterocycles. The summed E-state index contributed by atoms with van der Waals surface area (Å²) in [6.45, 7) is 3.95. The monoisotopic (exact) mass is 399 g/mol. The second-order valence-corrected chi connectivity index (χ2v) is 9.46. The van der Waals surface area contributed by atoms with E-state index in [0.717, 1.165) is 26.1 Å². The predicted octanol–water partition coefficient (Wildman–Crippen LogP) is 3.36. The van der Waals surface area contributed by atoms with E-state index in [-0.39, 0.29) is 11.9 Å². The number of aliphatic hydroxyl groups is 1. The SMILES string of the molecule is CN(C)C(=O)N1CC[C@]2(O)CCN(Cc3ccc(-c4ccccc4)s3)C[C@@H]2C1. The third-order valence-electron chi connectivity index (χ3n) is 6.11. The number of benzene rings is 1. The summed E-state index contributed by atoms with van der Waals surface area (Å²) in [5.41, 5.74) is 0.640. The molecule has 0 spiro atoms. The highest BCUT2D eigenvalue weighted by atomic mass is 32.1. The second-order valence-electron chi connectivity index (χ2n) is 8.29. The molecule has 3 heterocycles. The number of rotatable bonds is 3. The molecule has 0 bridgehead atoms. The van der Waals surface area contributed by atoms with E-state index in [4.69, 9.17) is 0 Å². The first-order valence-electron chi connectivity index (χ1n) is 10.00. The van der Waals surface area contributed by atoms with Gasteiger partial charge >= 0.3 is 6.03 Å². The van der Waals surface area contributed by atoms with Gasteiger partial charge in [0.15, 0.2) is 0 Å². The summed E-state index contributed by atoms with van der Waals surface area (Å²) in [5, 5.41) is 11.1. The molecule has 1 N–H and O–H groups in total. The standard InChI is InChI=1S/C22H29N3O2S/c1-23(2)21(26)25-13-11-22(27)10-12-24(14-18(22)15-25)16-19-8-9-20(28-19)17-6-4-3-5-7-17/h3-9,18,27H,10-16H2,1-2H3/t18-,22-/m1/s1. The third-order valence-corrected chi connectivity index (χ3v) is 7.23. The second kappa shape index (κ2) is 7.85. The fraction of sp³-hybridized carbons (Fsp3) is 0.500. The van der Waals surface area contributed by atoms with Gasteiger partial charge in [-0.1, -0.05) is 30.3 Å². The molecule has 1 aromatic heterocycles. The maximum absolute atomic E-state index is 12.3. The van der Waals surface area contributed by atoms with Crippen LogP contribution in [0.1, 0.15) is 17.7 Å². The highest BCUT2D eigenvalue weighted by molar-refractivity contribution is 7.15. The van der Waals surface area contributed by atoms with Gasteiger partial charge in [0.1, 0.15) is 0 Å². The fourth-order valence-corrected chi connectivity index (χ4v) is 5.47. The first-order valence-corrected chi connectivity index (χ1v) is 10.8. The zero-order valence-electron chi connectivity index (χ0n) is 16.7. The molecule has 0 radical (unpaired) electrons. The Labute approximate surface area is 171 Å². The summed E-state index contributed by atoms with van der Waals surface area (Å²) in [6.07, 6.45) is 1.47. The summed E-state index contributed by atoms with van der Waals surface area (Å²) in [7, 11) is 3.58. The third kappa shape index (κ3) is 3.95. The number of fused-ring (bicyclic) bond motifs is 1. The molecule has 2 saturated heterocycles. The first kappa shape index (κ1) is 19.4. The fourth-order valence-electron chi connectivity index (χ4n) is 4.41. The number of urea groups is 1. The highest BCUT2D eigenvalue weighted by Crippen LogP contribution is 2.37. The van der Waals surface area contributed by atoms with Crippen LogP contribution in [-0.2, 0) is 6.54 Å². The van der Waals surface area contributed by atoms with E-state index in [2.05, 4.69) is 41.3 Å². The van der Waals surface area contributed by atoms with Gasteiger partial charge in [-0.25, -0.2) is 4.79 Å². The number of carbonyl (C=O) groups is 1. The number of thiophene rings is 1. The lowest BCUT2D eigenvalue weighted by atomic mass is 9.75. The minimum absolute atomic E-state index is 0.0462. The molecule has 28 heavy (non-hydrogen) atoms. The molecule has 2 aliphatic rings. The molecule has 4 rings (SSSR count). The quantitative estimate of drug-likeness (QED) is 0.861. The van der Waals surface area contributed by atoms with E-state index < -0.39 is 5.60 Å². The van der Waals surface area contributed by atoms with Gasteiger partial charge < -0.3 is 14.9 Å². The molecule has 5 nitrogen and oxygen atoms in total. The van der Waals surface area contributed by atoms with Crippen molar-refractivity contribution in [2.75, 3.05) is 40.3 Å².